The zero-order valence-corrected chi connectivity index (χ0v) is 43.0. The molecule has 78 heavy (non-hydrogen) atoms. The van der Waals surface area contributed by atoms with Gasteiger partial charge in [0.05, 0.1) is 44.9 Å². The number of aromatic amines is 1. The van der Waals surface area contributed by atoms with Crippen molar-refractivity contribution in [2.75, 3.05) is 26.3 Å². The van der Waals surface area contributed by atoms with Crippen LogP contribution in [0.1, 0.15) is 57.6 Å². The highest BCUT2D eigenvalue weighted by molar-refractivity contribution is 5.98. The van der Waals surface area contributed by atoms with Gasteiger partial charge in [0.25, 0.3) is 0 Å². The number of nitrogens with one attached hydrogen (secondary N) is 10. The minimum absolute atomic E-state index is 0.0498. The zero-order chi connectivity index (χ0) is 58.2. The topological polar surface area (TPSA) is 488 Å². The predicted molar refractivity (Wildman–Crippen MR) is 275 cm³/mol. The molecule has 0 saturated carbocycles. The number of aliphatic hydroxyl groups is 3. The lowest BCUT2D eigenvalue weighted by Gasteiger charge is -2.28. The molecule has 3 aromatic rings. The van der Waals surface area contributed by atoms with E-state index in [0.717, 1.165) is 0 Å². The lowest BCUT2D eigenvalue weighted by atomic mass is 10.0. The molecule has 0 aliphatic heterocycles. The number of primary amides is 2. The fraction of sp³-hybridized carbons (Fsp3) is 0.469. The molecule has 0 aliphatic carbocycles. The van der Waals surface area contributed by atoms with Gasteiger partial charge in [0.15, 0.2) is 0 Å². The molecule has 0 aliphatic rings. The third-order valence-corrected chi connectivity index (χ3v) is 11.6. The van der Waals surface area contributed by atoms with Gasteiger partial charge < -0.3 is 90.5 Å². The number of hydrogen-bond acceptors (Lipinski definition) is 16. The van der Waals surface area contributed by atoms with Gasteiger partial charge in [0, 0.05) is 36.4 Å². The van der Waals surface area contributed by atoms with Crippen LogP contribution in [0, 0.1) is 5.92 Å². The summed E-state index contributed by atoms with van der Waals surface area (Å²) in [4.78, 5) is 157. The van der Waals surface area contributed by atoms with Crippen LogP contribution in [0.2, 0.25) is 0 Å². The number of fused-ring (bicyclic) bond motifs is 1. The number of para-hydroxylation sites is 1. The van der Waals surface area contributed by atoms with Crippen molar-refractivity contribution < 1.29 is 78.0 Å². The number of rotatable bonds is 33. The molecular weight excluding hydrogens is 1030 g/mol. The highest BCUT2D eigenvalue weighted by Gasteiger charge is 2.35. The molecule has 29 nitrogen and oxygen atoms in total. The number of nitrogens with two attached hydrogens (primary N) is 3. The van der Waals surface area contributed by atoms with Crippen molar-refractivity contribution >= 4 is 81.9 Å². The number of carbonyl (C=O) groups excluding carboxylic acids is 11. The minimum atomic E-state index is -1.84. The van der Waals surface area contributed by atoms with Crippen molar-refractivity contribution in [3.63, 3.8) is 0 Å². The van der Waals surface area contributed by atoms with E-state index in [0.29, 0.717) is 22.0 Å². The van der Waals surface area contributed by atoms with E-state index in [1.807, 2.05) is 0 Å². The Balaban J connectivity index is 1.72. The number of carboxylic acids is 1. The number of carbonyl (C=O) groups is 12. The van der Waals surface area contributed by atoms with Crippen LogP contribution in [0.3, 0.4) is 0 Å². The Labute approximate surface area is 446 Å². The van der Waals surface area contributed by atoms with Crippen LogP contribution in [-0.2, 0) is 70.4 Å². The van der Waals surface area contributed by atoms with E-state index in [-0.39, 0.29) is 38.0 Å². The lowest BCUT2D eigenvalue weighted by Crippen LogP contribution is -2.62. The molecule has 0 bridgehead atoms. The second-order valence-corrected chi connectivity index (χ2v) is 18.5. The summed E-state index contributed by atoms with van der Waals surface area (Å²) in [7, 11) is 0. The van der Waals surface area contributed by atoms with E-state index in [1.165, 1.54) is 6.92 Å². The molecule has 0 radical (unpaired) electrons. The summed E-state index contributed by atoms with van der Waals surface area (Å²) >= 11 is 0. The number of aliphatic hydroxyl groups excluding tert-OH is 3. The average Bonchev–Trinajstić information content (AvgIpc) is 3.80. The normalized spacial score (nSPS) is 14.5. The van der Waals surface area contributed by atoms with Gasteiger partial charge in [0.1, 0.15) is 42.3 Å². The maximum Gasteiger partial charge on any atom is 0.326 e. The second kappa shape index (κ2) is 31.5. The summed E-state index contributed by atoms with van der Waals surface area (Å²) in [6.07, 6.45) is -1.45. The monoisotopic (exact) mass is 1100 g/mol. The van der Waals surface area contributed by atoms with Gasteiger partial charge in [-0.25, -0.2) is 4.79 Å². The fourth-order valence-corrected chi connectivity index (χ4v) is 7.53. The molecule has 2 aromatic carbocycles. The molecule has 20 N–H and O–H groups in total. The molecule has 426 valence electrons. The van der Waals surface area contributed by atoms with E-state index >= 15 is 0 Å². The first-order valence-electron chi connectivity index (χ1n) is 24.5. The van der Waals surface area contributed by atoms with Crippen molar-refractivity contribution in [1.29, 1.82) is 0 Å². The molecule has 29 heteroatoms. The van der Waals surface area contributed by atoms with Crippen LogP contribution in [0.5, 0.6) is 0 Å². The molecule has 11 amide bonds. The Morgan fingerprint density at radius 1 is 0.564 bits per heavy atom. The van der Waals surface area contributed by atoms with Gasteiger partial charge in [-0.05, 0) is 42.9 Å². The van der Waals surface area contributed by atoms with Crippen LogP contribution >= 0.6 is 0 Å². The van der Waals surface area contributed by atoms with Crippen LogP contribution in [-0.4, -0.2) is 177 Å². The maximum absolute atomic E-state index is 13.9. The largest absolute Gasteiger partial charge is 0.480 e. The highest BCUT2D eigenvalue weighted by Crippen LogP contribution is 2.19. The lowest BCUT2D eigenvalue weighted by molar-refractivity contribution is -0.143. The van der Waals surface area contributed by atoms with Crippen LogP contribution < -0.4 is 65.1 Å². The number of carboxylic acid groups (broad SMARTS) is 1. The third-order valence-electron chi connectivity index (χ3n) is 11.6. The van der Waals surface area contributed by atoms with Gasteiger partial charge in [-0.2, -0.15) is 0 Å². The molecule has 0 fully saturated rings. The molecular formula is C49H69N13O16. The quantitative estimate of drug-likeness (QED) is 0.0270. The van der Waals surface area contributed by atoms with Crippen molar-refractivity contribution in [2.45, 2.75) is 114 Å². The SMILES string of the molecule is CC(C)C[C@H](NC(=O)[C@@H](N)CCC(N)=O)C(=O)N[C@H](C(=O)N[C@@H](Cc1ccccc1)C(=O)N[C@@H](CO)C(=O)N[C@@H](CO)C(=O)NCC(=O)N[C@@H](Cc1c[nH]c2ccccc12)C(=O)NCC(=O)N[C@@H](CC(N)=O)C(=O)O)[C@@H](C)O. The number of benzene rings is 2. The Morgan fingerprint density at radius 3 is 1.62 bits per heavy atom. The summed E-state index contributed by atoms with van der Waals surface area (Å²) < 4.78 is 0. The Morgan fingerprint density at radius 2 is 1.06 bits per heavy atom. The molecule has 1 heterocycles. The van der Waals surface area contributed by atoms with E-state index < -0.39 is 158 Å². The molecule has 0 spiro atoms. The van der Waals surface area contributed by atoms with Gasteiger partial charge in [0.2, 0.25) is 65.0 Å². The summed E-state index contributed by atoms with van der Waals surface area (Å²) in [6.45, 7) is 0.847. The number of aliphatic carboxylic acids is 1. The van der Waals surface area contributed by atoms with Gasteiger partial charge in [-0.1, -0.05) is 62.4 Å². The zero-order valence-electron chi connectivity index (χ0n) is 43.0. The number of amides is 11. The van der Waals surface area contributed by atoms with Crippen molar-refractivity contribution in [3.8, 4) is 0 Å². The predicted octanol–water partition coefficient (Wildman–Crippen LogP) is -6.46. The highest BCUT2D eigenvalue weighted by atomic mass is 16.4. The Hall–Kier alpha value is -8.54. The molecule has 1 aromatic heterocycles. The van der Waals surface area contributed by atoms with Crippen molar-refractivity contribution in [2.24, 2.45) is 23.1 Å². The molecule has 9 atom stereocenters. The summed E-state index contributed by atoms with van der Waals surface area (Å²) in [5.74, 6) is -12.6. The summed E-state index contributed by atoms with van der Waals surface area (Å²) in [6, 6.07) is 2.53. The van der Waals surface area contributed by atoms with Gasteiger partial charge >= 0.3 is 5.97 Å². The molecule has 3 rings (SSSR count). The Kier molecular flexibility index (Phi) is 25.7. The van der Waals surface area contributed by atoms with E-state index in [9.17, 15) is 78.0 Å². The minimum Gasteiger partial charge on any atom is -0.480 e. The second-order valence-electron chi connectivity index (χ2n) is 18.5. The Bertz CT molecular complexity index is 2610. The first-order valence-corrected chi connectivity index (χ1v) is 24.5. The summed E-state index contributed by atoms with van der Waals surface area (Å²) in [5, 5.41) is 61.7. The first-order chi connectivity index (χ1) is 36.8. The molecule has 0 unspecified atom stereocenters. The van der Waals surface area contributed by atoms with Crippen molar-refractivity contribution in [1.82, 2.24) is 52.8 Å². The van der Waals surface area contributed by atoms with E-state index in [2.05, 4.69) is 52.8 Å². The third kappa shape index (κ3) is 21.2. The van der Waals surface area contributed by atoms with Gasteiger partial charge in [-0.3, -0.25) is 52.7 Å². The average molecular weight is 1100 g/mol. The van der Waals surface area contributed by atoms with Crippen LogP contribution in [0.4, 0.5) is 0 Å². The van der Waals surface area contributed by atoms with Gasteiger partial charge in [-0.15, -0.1) is 0 Å². The van der Waals surface area contributed by atoms with E-state index in [1.54, 1.807) is 74.6 Å². The van der Waals surface area contributed by atoms with Crippen LogP contribution in [0.25, 0.3) is 10.9 Å². The number of hydrogen-bond donors (Lipinski definition) is 17. The standard InChI is InChI=1S/C49H69N13O16/c1-24(2)15-31(58-42(70)29(50)13-14-37(51)66)46(74)62-41(25(3)65)48(76)59-32(16-26-9-5-4-6-10-26)45(73)61-36(23-64)47(75)60-35(22-63)44(72)55-20-39(68)56-33(17-27-19-53-30-12-8-7-11-28(27)30)43(71)54-21-40(69)57-34(49(77)78)18-38(52)67/h4-12,19,24-25,29,31-36,41,53,63-65H,13-18,20-23,50H2,1-3H3,(H2,51,66)(H2,52,67)(H,54,71)(H,55,72)(H,56,68)(H,57,69)(H,58,70)(H,59,76)(H,60,75)(H,61,73)(H,62,74)(H,77,78)/t25-,29+,31+,32+,33+,34+,35+,36+,41+/m1/s1. The van der Waals surface area contributed by atoms with Crippen LogP contribution in [0.15, 0.2) is 60.8 Å². The smallest absolute Gasteiger partial charge is 0.326 e. The number of H-pyrrole nitrogens is 1. The number of aromatic nitrogens is 1. The molecule has 0 saturated heterocycles. The maximum atomic E-state index is 13.9. The van der Waals surface area contributed by atoms with E-state index in [4.69, 9.17) is 17.2 Å². The van der Waals surface area contributed by atoms with Crippen molar-refractivity contribution in [3.05, 3.63) is 71.9 Å². The first kappa shape index (κ1) is 63.8. The fourth-order valence-electron chi connectivity index (χ4n) is 7.53. The summed E-state index contributed by atoms with van der Waals surface area (Å²) in [5.41, 5.74) is 17.8.